The average molecular weight is 197 g/mol. The van der Waals surface area contributed by atoms with Crippen molar-refractivity contribution in [3.63, 3.8) is 0 Å². The lowest BCUT2D eigenvalue weighted by Gasteiger charge is -2.40. The van der Waals surface area contributed by atoms with Gasteiger partial charge in [0.05, 0.1) is 0 Å². The Kier molecular flexibility index (Phi) is 3.10. The standard InChI is InChI=1S/C11H23N3/c1-9-6-11(7-12-9)14-5-4-13(3)10(2)8-14/h9-12H,4-8H2,1-3H3. The minimum Gasteiger partial charge on any atom is -0.313 e. The Hall–Kier alpha value is -0.120. The summed E-state index contributed by atoms with van der Waals surface area (Å²) in [5.74, 6) is 0. The van der Waals surface area contributed by atoms with Gasteiger partial charge in [-0.25, -0.2) is 0 Å². The van der Waals surface area contributed by atoms with Crippen LogP contribution >= 0.6 is 0 Å². The Morgan fingerprint density at radius 3 is 2.57 bits per heavy atom. The summed E-state index contributed by atoms with van der Waals surface area (Å²) < 4.78 is 0. The third-order valence-electron chi connectivity index (χ3n) is 3.84. The summed E-state index contributed by atoms with van der Waals surface area (Å²) in [6.45, 7) is 9.54. The Morgan fingerprint density at radius 2 is 2.00 bits per heavy atom. The molecule has 3 atom stereocenters. The fraction of sp³-hybridized carbons (Fsp3) is 1.00. The van der Waals surface area contributed by atoms with E-state index in [0.717, 1.165) is 18.1 Å². The molecule has 2 aliphatic heterocycles. The lowest BCUT2D eigenvalue weighted by atomic mass is 10.1. The molecule has 2 saturated heterocycles. The van der Waals surface area contributed by atoms with Gasteiger partial charge in [0.2, 0.25) is 0 Å². The third-order valence-corrected chi connectivity index (χ3v) is 3.84. The zero-order chi connectivity index (χ0) is 10.1. The van der Waals surface area contributed by atoms with Crippen LogP contribution < -0.4 is 5.32 Å². The van der Waals surface area contributed by atoms with E-state index in [1.54, 1.807) is 0 Å². The van der Waals surface area contributed by atoms with Gasteiger partial charge in [-0.05, 0) is 27.3 Å². The van der Waals surface area contributed by atoms with E-state index in [2.05, 4.69) is 36.0 Å². The van der Waals surface area contributed by atoms with Gasteiger partial charge in [0.15, 0.2) is 0 Å². The van der Waals surface area contributed by atoms with Crippen molar-refractivity contribution in [2.24, 2.45) is 0 Å². The van der Waals surface area contributed by atoms with Gasteiger partial charge in [-0.1, -0.05) is 0 Å². The van der Waals surface area contributed by atoms with Crippen molar-refractivity contribution in [3.8, 4) is 0 Å². The maximum Gasteiger partial charge on any atom is 0.0236 e. The molecular formula is C11H23N3. The van der Waals surface area contributed by atoms with Gasteiger partial charge in [0.25, 0.3) is 0 Å². The molecule has 0 aromatic rings. The quantitative estimate of drug-likeness (QED) is 0.655. The van der Waals surface area contributed by atoms with Crippen LogP contribution in [-0.2, 0) is 0 Å². The summed E-state index contributed by atoms with van der Waals surface area (Å²) >= 11 is 0. The highest BCUT2D eigenvalue weighted by molar-refractivity contribution is 4.89. The molecule has 2 aliphatic rings. The predicted molar refractivity (Wildman–Crippen MR) is 59.5 cm³/mol. The second kappa shape index (κ2) is 4.17. The minimum absolute atomic E-state index is 0.718. The van der Waals surface area contributed by atoms with Crippen molar-refractivity contribution in [3.05, 3.63) is 0 Å². The van der Waals surface area contributed by atoms with Crippen molar-refractivity contribution < 1.29 is 0 Å². The van der Waals surface area contributed by atoms with E-state index in [4.69, 9.17) is 0 Å². The van der Waals surface area contributed by atoms with E-state index in [1.807, 2.05) is 0 Å². The van der Waals surface area contributed by atoms with Crippen LogP contribution in [0.3, 0.4) is 0 Å². The monoisotopic (exact) mass is 197 g/mol. The second-order valence-corrected chi connectivity index (χ2v) is 5.02. The van der Waals surface area contributed by atoms with Crippen LogP contribution in [0.2, 0.25) is 0 Å². The first-order valence-corrected chi connectivity index (χ1v) is 5.84. The molecule has 82 valence electrons. The van der Waals surface area contributed by atoms with Crippen molar-refractivity contribution >= 4 is 0 Å². The maximum absolute atomic E-state index is 3.54. The summed E-state index contributed by atoms with van der Waals surface area (Å²) in [6, 6.07) is 2.23. The van der Waals surface area contributed by atoms with Crippen LogP contribution in [0, 0.1) is 0 Å². The van der Waals surface area contributed by atoms with E-state index >= 15 is 0 Å². The summed E-state index contributed by atoms with van der Waals surface area (Å²) in [5, 5.41) is 3.54. The maximum atomic E-state index is 3.54. The largest absolute Gasteiger partial charge is 0.313 e. The van der Waals surface area contributed by atoms with Crippen molar-refractivity contribution in [2.45, 2.75) is 38.4 Å². The number of hydrogen-bond acceptors (Lipinski definition) is 3. The molecule has 3 unspecified atom stereocenters. The topological polar surface area (TPSA) is 18.5 Å². The molecular weight excluding hydrogens is 174 g/mol. The molecule has 2 rings (SSSR count). The zero-order valence-corrected chi connectivity index (χ0v) is 9.66. The van der Waals surface area contributed by atoms with Crippen LogP contribution in [0.1, 0.15) is 20.3 Å². The van der Waals surface area contributed by atoms with Gasteiger partial charge >= 0.3 is 0 Å². The normalized spacial score (nSPS) is 41.8. The lowest BCUT2D eigenvalue weighted by molar-refractivity contribution is 0.0773. The van der Waals surface area contributed by atoms with Gasteiger partial charge in [0, 0.05) is 44.3 Å². The number of nitrogens with one attached hydrogen (secondary N) is 1. The summed E-state index contributed by atoms with van der Waals surface area (Å²) in [5.41, 5.74) is 0. The van der Waals surface area contributed by atoms with Gasteiger partial charge in [-0.2, -0.15) is 0 Å². The Morgan fingerprint density at radius 1 is 1.21 bits per heavy atom. The molecule has 3 heteroatoms. The van der Waals surface area contributed by atoms with Crippen LogP contribution in [0.5, 0.6) is 0 Å². The summed E-state index contributed by atoms with van der Waals surface area (Å²) in [4.78, 5) is 5.13. The molecule has 14 heavy (non-hydrogen) atoms. The fourth-order valence-corrected chi connectivity index (χ4v) is 2.60. The fourth-order valence-electron chi connectivity index (χ4n) is 2.60. The Labute approximate surface area is 87.4 Å². The average Bonchev–Trinajstić information content (AvgIpc) is 2.57. The van der Waals surface area contributed by atoms with Crippen LogP contribution in [0.4, 0.5) is 0 Å². The first kappa shape index (κ1) is 10.4. The number of piperazine rings is 1. The van der Waals surface area contributed by atoms with E-state index in [1.165, 1.54) is 32.6 Å². The second-order valence-electron chi connectivity index (χ2n) is 5.02. The molecule has 0 aliphatic carbocycles. The molecule has 0 aromatic carbocycles. The SMILES string of the molecule is CC1CC(N2CCN(C)C(C)C2)CN1. The molecule has 2 heterocycles. The van der Waals surface area contributed by atoms with Crippen LogP contribution in [0.25, 0.3) is 0 Å². The van der Waals surface area contributed by atoms with Gasteiger partial charge < -0.3 is 10.2 Å². The van der Waals surface area contributed by atoms with Crippen molar-refractivity contribution in [1.29, 1.82) is 0 Å². The first-order valence-electron chi connectivity index (χ1n) is 5.84. The zero-order valence-electron chi connectivity index (χ0n) is 9.66. The van der Waals surface area contributed by atoms with E-state index < -0.39 is 0 Å². The third kappa shape index (κ3) is 2.10. The van der Waals surface area contributed by atoms with Gasteiger partial charge in [-0.15, -0.1) is 0 Å². The van der Waals surface area contributed by atoms with Gasteiger partial charge in [-0.3, -0.25) is 4.90 Å². The highest BCUT2D eigenvalue weighted by atomic mass is 15.3. The number of nitrogens with zero attached hydrogens (tertiary/aromatic N) is 2. The van der Waals surface area contributed by atoms with E-state index in [9.17, 15) is 0 Å². The molecule has 0 aromatic heterocycles. The minimum atomic E-state index is 0.718. The highest BCUT2D eigenvalue weighted by Crippen LogP contribution is 2.17. The van der Waals surface area contributed by atoms with Crippen molar-refractivity contribution in [1.82, 2.24) is 15.1 Å². The first-order chi connectivity index (χ1) is 6.66. The molecule has 0 amide bonds. The van der Waals surface area contributed by atoms with Crippen LogP contribution in [-0.4, -0.2) is 61.2 Å². The Balaban J connectivity index is 1.87. The summed E-state index contributed by atoms with van der Waals surface area (Å²) in [7, 11) is 2.23. The van der Waals surface area contributed by atoms with Crippen molar-refractivity contribution in [2.75, 3.05) is 33.2 Å². The lowest BCUT2D eigenvalue weighted by Crippen LogP contribution is -2.53. The smallest absolute Gasteiger partial charge is 0.0236 e. The molecule has 3 nitrogen and oxygen atoms in total. The molecule has 0 spiro atoms. The number of rotatable bonds is 1. The molecule has 1 N–H and O–H groups in total. The van der Waals surface area contributed by atoms with E-state index in [0.29, 0.717) is 0 Å². The predicted octanol–water partition coefficient (Wildman–Crippen LogP) is 0.373. The Bertz CT molecular complexity index is 195. The molecule has 2 fully saturated rings. The van der Waals surface area contributed by atoms with E-state index in [-0.39, 0.29) is 0 Å². The van der Waals surface area contributed by atoms with Crippen LogP contribution in [0.15, 0.2) is 0 Å². The summed E-state index contributed by atoms with van der Waals surface area (Å²) in [6.07, 6.45) is 1.33. The number of hydrogen-bond donors (Lipinski definition) is 1. The molecule has 0 bridgehead atoms. The number of likely N-dealkylation sites (N-methyl/N-ethyl adjacent to an activating group) is 1. The molecule has 0 radical (unpaired) electrons. The highest BCUT2D eigenvalue weighted by Gasteiger charge is 2.30. The molecule has 0 saturated carbocycles. The van der Waals surface area contributed by atoms with Gasteiger partial charge in [0.1, 0.15) is 0 Å².